The summed E-state index contributed by atoms with van der Waals surface area (Å²) in [5.74, 6) is -0.0373. The van der Waals surface area contributed by atoms with E-state index in [-0.39, 0.29) is 12.0 Å². The summed E-state index contributed by atoms with van der Waals surface area (Å²) < 4.78 is 4.91. The fourth-order valence-corrected chi connectivity index (χ4v) is 1.05. The molecule has 0 saturated carbocycles. The van der Waals surface area contributed by atoms with Crippen LogP contribution in [0.1, 0.15) is 27.2 Å². The summed E-state index contributed by atoms with van der Waals surface area (Å²) in [7, 11) is 3.63. The van der Waals surface area contributed by atoms with Gasteiger partial charge in [-0.3, -0.25) is 4.79 Å². The molecule has 0 bridgehead atoms. The maximum atomic E-state index is 11.3. The predicted octanol–water partition coefficient (Wildman–Crippen LogP) is 0.868. The van der Waals surface area contributed by atoms with Gasteiger partial charge in [0.2, 0.25) is 5.91 Å². The van der Waals surface area contributed by atoms with Gasteiger partial charge in [0, 0.05) is 19.7 Å². The van der Waals surface area contributed by atoms with Gasteiger partial charge in [-0.25, -0.2) is 0 Å². The minimum absolute atomic E-state index is 0.0373. The van der Waals surface area contributed by atoms with Crippen LogP contribution in [-0.4, -0.2) is 50.2 Å². The van der Waals surface area contributed by atoms with Crippen molar-refractivity contribution in [3.05, 3.63) is 0 Å². The summed E-state index contributed by atoms with van der Waals surface area (Å²) >= 11 is 0. The first kappa shape index (κ1) is 14.4. The van der Waals surface area contributed by atoms with Gasteiger partial charge >= 0.3 is 0 Å². The van der Waals surface area contributed by atoms with Crippen LogP contribution in [0.2, 0.25) is 0 Å². The van der Waals surface area contributed by atoms with E-state index in [0.29, 0.717) is 12.6 Å². The van der Waals surface area contributed by atoms with Crippen LogP contribution in [0, 0.1) is 0 Å². The van der Waals surface area contributed by atoms with Gasteiger partial charge in [-0.1, -0.05) is 0 Å². The molecule has 0 radical (unpaired) electrons. The predicted molar refractivity (Wildman–Crippen MR) is 61.9 cm³/mol. The molecular weight excluding hydrogens is 192 g/mol. The largest absolute Gasteiger partial charge is 0.372 e. The van der Waals surface area contributed by atoms with Crippen molar-refractivity contribution >= 4 is 5.91 Å². The quantitative estimate of drug-likeness (QED) is 0.642. The van der Waals surface area contributed by atoms with Gasteiger partial charge in [-0.15, -0.1) is 0 Å². The standard InChI is InChI=1S/C11H24N2O2/c1-9(2)13(4)8-6-7-12-11(14)10(3)15-5/h9-10H,6-8H2,1-5H3,(H,12,14)/t10-/m0/s1. The second-order valence-corrected chi connectivity index (χ2v) is 4.10. The molecule has 15 heavy (non-hydrogen) atoms. The molecule has 0 heterocycles. The van der Waals surface area contributed by atoms with Crippen molar-refractivity contribution in [3.8, 4) is 0 Å². The lowest BCUT2D eigenvalue weighted by Crippen LogP contribution is -2.36. The molecule has 0 aromatic carbocycles. The Morgan fingerprint density at radius 3 is 2.47 bits per heavy atom. The van der Waals surface area contributed by atoms with Gasteiger partial charge in [-0.05, 0) is 40.8 Å². The average Bonchev–Trinajstić information content (AvgIpc) is 2.22. The highest BCUT2D eigenvalue weighted by atomic mass is 16.5. The van der Waals surface area contributed by atoms with Crippen LogP contribution in [0.15, 0.2) is 0 Å². The van der Waals surface area contributed by atoms with Gasteiger partial charge in [0.15, 0.2) is 0 Å². The summed E-state index contributed by atoms with van der Waals surface area (Å²) in [6.45, 7) is 7.77. The molecule has 0 aliphatic carbocycles. The van der Waals surface area contributed by atoms with Gasteiger partial charge in [-0.2, -0.15) is 0 Å². The van der Waals surface area contributed by atoms with Crippen LogP contribution in [0.3, 0.4) is 0 Å². The minimum atomic E-state index is -0.354. The van der Waals surface area contributed by atoms with Gasteiger partial charge in [0.1, 0.15) is 6.10 Å². The summed E-state index contributed by atoms with van der Waals surface area (Å²) in [4.78, 5) is 13.6. The normalized spacial score (nSPS) is 13.3. The summed E-state index contributed by atoms with van der Waals surface area (Å²) in [6, 6.07) is 0.554. The minimum Gasteiger partial charge on any atom is -0.372 e. The van der Waals surface area contributed by atoms with Crippen molar-refractivity contribution in [2.45, 2.75) is 39.3 Å². The van der Waals surface area contributed by atoms with E-state index in [1.54, 1.807) is 6.92 Å². The highest BCUT2D eigenvalue weighted by Gasteiger charge is 2.10. The number of nitrogens with zero attached hydrogens (tertiary/aromatic N) is 1. The summed E-state index contributed by atoms with van der Waals surface area (Å²) in [5, 5.41) is 2.84. The van der Waals surface area contributed by atoms with Crippen molar-refractivity contribution in [2.24, 2.45) is 0 Å². The lowest BCUT2D eigenvalue weighted by atomic mass is 10.3. The lowest BCUT2D eigenvalue weighted by Gasteiger charge is -2.20. The van der Waals surface area contributed by atoms with Crippen LogP contribution in [0.4, 0.5) is 0 Å². The highest BCUT2D eigenvalue weighted by Crippen LogP contribution is 1.94. The van der Waals surface area contributed by atoms with E-state index in [9.17, 15) is 4.79 Å². The maximum Gasteiger partial charge on any atom is 0.248 e. The molecule has 0 aliphatic heterocycles. The van der Waals surface area contributed by atoms with Crippen molar-refractivity contribution in [1.82, 2.24) is 10.2 Å². The Balaban J connectivity index is 3.50. The number of nitrogens with one attached hydrogen (secondary N) is 1. The first-order valence-electron chi connectivity index (χ1n) is 5.49. The van der Waals surface area contributed by atoms with E-state index >= 15 is 0 Å². The van der Waals surface area contributed by atoms with Crippen LogP contribution >= 0.6 is 0 Å². The van der Waals surface area contributed by atoms with E-state index in [0.717, 1.165) is 13.0 Å². The Morgan fingerprint density at radius 2 is 2.00 bits per heavy atom. The molecule has 0 aromatic rings. The van der Waals surface area contributed by atoms with E-state index < -0.39 is 0 Å². The molecule has 0 saturated heterocycles. The molecule has 4 nitrogen and oxygen atoms in total. The fourth-order valence-electron chi connectivity index (χ4n) is 1.05. The van der Waals surface area contributed by atoms with Crippen LogP contribution in [0.25, 0.3) is 0 Å². The topological polar surface area (TPSA) is 41.6 Å². The number of hydrogen-bond donors (Lipinski definition) is 1. The Morgan fingerprint density at radius 1 is 1.40 bits per heavy atom. The Labute approximate surface area is 93.0 Å². The first-order valence-corrected chi connectivity index (χ1v) is 5.49. The highest BCUT2D eigenvalue weighted by molar-refractivity contribution is 5.80. The third-order valence-electron chi connectivity index (χ3n) is 2.59. The monoisotopic (exact) mass is 216 g/mol. The summed E-state index contributed by atoms with van der Waals surface area (Å²) in [6.07, 6.45) is 0.615. The Bertz CT molecular complexity index is 183. The van der Waals surface area contributed by atoms with E-state index in [1.807, 2.05) is 0 Å². The number of carbonyl (C=O) groups excluding carboxylic acids is 1. The first-order chi connectivity index (χ1) is 6.99. The molecule has 90 valence electrons. The van der Waals surface area contributed by atoms with Crippen molar-refractivity contribution < 1.29 is 9.53 Å². The van der Waals surface area contributed by atoms with Crippen molar-refractivity contribution in [1.29, 1.82) is 0 Å². The molecule has 0 aliphatic rings. The lowest BCUT2D eigenvalue weighted by molar-refractivity contribution is -0.130. The molecule has 0 aromatic heterocycles. The summed E-state index contributed by atoms with van der Waals surface area (Å²) in [5.41, 5.74) is 0. The van der Waals surface area contributed by atoms with Gasteiger partial charge < -0.3 is 15.0 Å². The number of carbonyl (C=O) groups is 1. The SMILES string of the molecule is CO[C@@H](C)C(=O)NCCCN(C)C(C)C. The molecule has 0 spiro atoms. The van der Waals surface area contributed by atoms with Gasteiger partial charge in [0.05, 0.1) is 0 Å². The molecule has 1 atom stereocenters. The Hall–Kier alpha value is -0.610. The molecule has 4 heteroatoms. The molecule has 0 unspecified atom stereocenters. The van der Waals surface area contributed by atoms with Crippen LogP contribution < -0.4 is 5.32 Å². The number of amides is 1. The molecule has 0 fully saturated rings. The van der Waals surface area contributed by atoms with Crippen LogP contribution in [0.5, 0.6) is 0 Å². The molecule has 1 amide bonds. The second kappa shape index (κ2) is 7.65. The molecule has 1 N–H and O–H groups in total. The third-order valence-corrected chi connectivity index (χ3v) is 2.59. The molecular formula is C11H24N2O2. The number of rotatable bonds is 7. The fraction of sp³-hybridized carbons (Fsp3) is 0.909. The zero-order valence-electron chi connectivity index (χ0n) is 10.5. The second-order valence-electron chi connectivity index (χ2n) is 4.10. The van der Waals surface area contributed by atoms with Gasteiger partial charge in [0.25, 0.3) is 0 Å². The van der Waals surface area contributed by atoms with Crippen LogP contribution in [-0.2, 0) is 9.53 Å². The van der Waals surface area contributed by atoms with E-state index in [1.165, 1.54) is 7.11 Å². The van der Waals surface area contributed by atoms with E-state index in [2.05, 4.69) is 31.1 Å². The maximum absolute atomic E-state index is 11.3. The number of ether oxygens (including phenoxy) is 1. The molecule has 0 rings (SSSR count). The zero-order valence-corrected chi connectivity index (χ0v) is 10.5. The van der Waals surface area contributed by atoms with Crippen molar-refractivity contribution in [3.63, 3.8) is 0 Å². The third kappa shape index (κ3) is 6.47. The smallest absolute Gasteiger partial charge is 0.248 e. The number of methoxy groups -OCH3 is 1. The zero-order chi connectivity index (χ0) is 11.8. The Kier molecular flexibility index (Phi) is 7.34. The van der Waals surface area contributed by atoms with E-state index in [4.69, 9.17) is 4.74 Å². The average molecular weight is 216 g/mol. The van der Waals surface area contributed by atoms with Crippen molar-refractivity contribution in [2.75, 3.05) is 27.2 Å². The number of hydrogen-bond acceptors (Lipinski definition) is 3.